The van der Waals surface area contributed by atoms with Crippen molar-refractivity contribution in [1.82, 2.24) is 0 Å². The van der Waals surface area contributed by atoms with Crippen LogP contribution in [0.15, 0.2) is 12.2 Å². The maximum absolute atomic E-state index is 3.94. The lowest BCUT2D eigenvalue weighted by atomic mass is 9.86. The third-order valence-electron chi connectivity index (χ3n) is 2.55. The highest BCUT2D eigenvalue weighted by atomic mass is 14.2. The van der Waals surface area contributed by atoms with E-state index in [2.05, 4.69) is 62.0 Å². The van der Waals surface area contributed by atoms with Crippen LogP contribution in [0.2, 0.25) is 0 Å². The zero-order chi connectivity index (χ0) is 20.0. The monoisotopic (exact) mass is 447 g/mol. The molecular weight excluding hydrogens is 360 g/mol. The maximum Gasteiger partial charge on any atom is -0.0176 e. The molecule has 0 rings (SSSR count). The smallest absolute Gasteiger partial charge is 0.0176 e. The summed E-state index contributed by atoms with van der Waals surface area (Å²) in [6.07, 6.45) is 2.37. The summed E-state index contributed by atoms with van der Waals surface area (Å²) in [5.41, 5.74) is 2.19. The average Bonchev–Trinajstić information content (AvgIpc) is 2.53. The highest BCUT2D eigenvalue weighted by molar-refractivity contribution is 5.03. The molecule has 30 heavy (non-hydrogen) atoms. The van der Waals surface area contributed by atoms with E-state index in [1.165, 1.54) is 12.0 Å². The summed E-state index contributed by atoms with van der Waals surface area (Å²) in [5, 5.41) is 0. The Balaban J connectivity index is -0.00000000892. The molecule has 0 nitrogen and oxygen atoms in total. The van der Waals surface area contributed by atoms with Gasteiger partial charge in [0.15, 0.2) is 0 Å². The van der Waals surface area contributed by atoms with Gasteiger partial charge < -0.3 is 0 Å². The molecule has 0 N–H and O–H groups in total. The first-order chi connectivity index (χ1) is 10.0. The molecule has 0 fully saturated rings. The second kappa shape index (κ2) is 78.9. The fraction of sp³-hybridized carbons (Fsp3) is 0.933. The molecule has 0 amide bonds. The molecule has 0 spiro atoms. The molecule has 0 bridgehead atoms. The molecular formula is C30H86. The van der Waals surface area contributed by atoms with Crippen molar-refractivity contribution in [1.29, 1.82) is 0 Å². The van der Waals surface area contributed by atoms with Crippen LogP contribution >= 0.6 is 0 Å². The number of allylic oxidation sites excluding steroid dienone is 1. The van der Waals surface area contributed by atoms with E-state index in [1.54, 1.807) is 0 Å². The number of hydrogen-bond acceptors (Lipinski definition) is 0. The van der Waals surface area contributed by atoms with Gasteiger partial charge >= 0.3 is 0 Å². The fourth-order valence-corrected chi connectivity index (χ4v) is 0.530. The van der Waals surface area contributed by atoms with Crippen LogP contribution in [0.25, 0.3) is 0 Å². The number of hydrogen-bond donors (Lipinski definition) is 0. The third kappa shape index (κ3) is 172. The van der Waals surface area contributed by atoms with E-state index in [4.69, 9.17) is 0 Å². The van der Waals surface area contributed by atoms with E-state index >= 15 is 0 Å². The van der Waals surface area contributed by atoms with Gasteiger partial charge in [-0.1, -0.05) is 189 Å². The second-order valence-corrected chi connectivity index (χ2v) is 6.12. The Labute approximate surface area is 206 Å². The Bertz CT molecular complexity index is 150. The highest BCUT2D eigenvalue weighted by Crippen LogP contribution is 2.25. The Hall–Kier alpha value is -0.260. The van der Waals surface area contributed by atoms with E-state index in [0.717, 1.165) is 6.42 Å². The molecule has 0 aromatic heterocycles. The molecule has 0 aliphatic carbocycles. The Kier molecular flexibility index (Phi) is 261. The molecule has 0 saturated heterocycles. The van der Waals surface area contributed by atoms with Gasteiger partial charge in [0.2, 0.25) is 0 Å². The number of rotatable bonds is 1. The van der Waals surface area contributed by atoms with Crippen LogP contribution in [0.5, 0.6) is 0 Å². The second-order valence-electron chi connectivity index (χ2n) is 6.12. The summed E-state index contributed by atoms with van der Waals surface area (Å²) < 4.78 is 0. The summed E-state index contributed by atoms with van der Waals surface area (Å²) in [5.74, 6) is 0. The zero-order valence-corrected chi connectivity index (χ0v) is 19.6. The van der Waals surface area contributed by atoms with Crippen molar-refractivity contribution in [3.63, 3.8) is 0 Å². The molecule has 0 radical (unpaired) electrons. The molecule has 0 atom stereocenters. The highest BCUT2D eigenvalue weighted by Gasteiger charge is 2.11. The van der Waals surface area contributed by atoms with E-state index in [-0.39, 0.29) is 59.4 Å². The normalized spacial score (nSPS) is 6.27. The lowest BCUT2D eigenvalue weighted by molar-refractivity contribution is 0.398. The van der Waals surface area contributed by atoms with Crippen molar-refractivity contribution in [2.24, 2.45) is 10.8 Å². The van der Waals surface area contributed by atoms with Gasteiger partial charge in [-0.25, -0.2) is 0 Å². The fourth-order valence-electron chi connectivity index (χ4n) is 0.530. The van der Waals surface area contributed by atoms with Crippen LogP contribution in [0, 0.1) is 10.8 Å². The van der Waals surface area contributed by atoms with Gasteiger partial charge in [-0.15, -0.1) is 0 Å². The molecule has 0 unspecified atom stereocenters. The minimum absolute atomic E-state index is 0. The zero-order valence-electron chi connectivity index (χ0n) is 19.6. The summed E-state index contributed by atoms with van der Waals surface area (Å²) in [7, 11) is 0. The van der Waals surface area contributed by atoms with Gasteiger partial charge in [0, 0.05) is 0 Å². The van der Waals surface area contributed by atoms with Gasteiger partial charge in [0.1, 0.15) is 0 Å². The Morgan fingerprint density at radius 2 is 0.633 bits per heavy atom. The molecule has 0 aliphatic heterocycles. The van der Waals surface area contributed by atoms with Crippen molar-refractivity contribution in [2.75, 3.05) is 0 Å². The van der Waals surface area contributed by atoms with E-state index in [1.807, 2.05) is 55.4 Å². The predicted molar refractivity (Wildman–Crippen MR) is 168 cm³/mol. The van der Waals surface area contributed by atoms with E-state index in [0.29, 0.717) is 10.8 Å². The summed E-state index contributed by atoms with van der Waals surface area (Å²) >= 11 is 0. The van der Waals surface area contributed by atoms with Crippen molar-refractivity contribution >= 4 is 0 Å². The Morgan fingerprint density at radius 1 is 0.500 bits per heavy atom. The van der Waals surface area contributed by atoms with Gasteiger partial charge in [0.05, 0.1) is 0 Å². The van der Waals surface area contributed by atoms with Gasteiger partial charge in [-0.2, -0.15) is 0 Å². The van der Waals surface area contributed by atoms with Crippen LogP contribution in [0.4, 0.5) is 0 Å². The SMILES string of the molecule is C.C.C.C.C.C.C.C.C=C(CC)C(C)(C)C.CC.CC.CC.CC.CCC(C)(C)C. The van der Waals surface area contributed by atoms with Gasteiger partial charge in [-0.3, -0.25) is 0 Å². The molecule has 0 heterocycles. The molecule has 0 saturated carbocycles. The van der Waals surface area contributed by atoms with Crippen molar-refractivity contribution < 1.29 is 0 Å². The summed E-state index contributed by atoms with van der Waals surface area (Å²) in [6.45, 7) is 37.6. The van der Waals surface area contributed by atoms with Crippen molar-refractivity contribution in [3.8, 4) is 0 Å². The molecule has 0 aromatic carbocycles. The van der Waals surface area contributed by atoms with Crippen LogP contribution in [-0.2, 0) is 0 Å². The lowest BCUT2D eigenvalue weighted by Gasteiger charge is -2.19. The summed E-state index contributed by atoms with van der Waals surface area (Å²) in [6, 6.07) is 0. The average molecular weight is 447 g/mol. The van der Waals surface area contributed by atoms with Crippen molar-refractivity contribution in [2.45, 2.75) is 183 Å². The van der Waals surface area contributed by atoms with E-state index < -0.39 is 0 Å². The van der Waals surface area contributed by atoms with Crippen molar-refractivity contribution in [3.05, 3.63) is 12.2 Å². The van der Waals surface area contributed by atoms with Gasteiger partial charge in [0.25, 0.3) is 0 Å². The molecule has 0 aliphatic rings. The van der Waals surface area contributed by atoms with Gasteiger partial charge in [-0.05, 0) is 17.3 Å². The first-order valence-electron chi connectivity index (χ1n) is 9.72. The standard InChI is InChI=1S/C8H16.C6H14.4C2H6.8CH4/c1-6-7(2)8(3,4)5;1-5-6(2,3)4;4*1-2;;;;;;;;/h2,6H2,1,3-5H3;5H2,1-4H3;4*1-2H3;8*1H4. The Morgan fingerprint density at radius 3 is 0.633 bits per heavy atom. The maximum atomic E-state index is 3.94. The van der Waals surface area contributed by atoms with Crippen LogP contribution in [-0.4, -0.2) is 0 Å². The minimum Gasteiger partial charge on any atom is -0.0993 e. The largest absolute Gasteiger partial charge is 0.0993 e. The first-order valence-corrected chi connectivity index (χ1v) is 9.72. The lowest BCUT2D eigenvalue weighted by Crippen LogP contribution is -2.06. The molecule has 0 heteroatoms. The first kappa shape index (κ1) is 99.2. The van der Waals surface area contributed by atoms with Crippen LogP contribution in [0.1, 0.15) is 183 Å². The third-order valence-corrected chi connectivity index (χ3v) is 2.55. The van der Waals surface area contributed by atoms with E-state index in [9.17, 15) is 0 Å². The minimum atomic E-state index is 0. The van der Waals surface area contributed by atoms with Crippen LogP contribution in [0.3, 0.4) is 0 Å². The molecule has 0 aromatic rings. The topological polar surface area (TPSA) is 0 Å². The summed E-state index contributed by atoms with van der Waals surface area (Å²) in [4.78, 5) is 0. The predicted octanol–water partition coefficient (Wildman–Crippen LogP) is 14.6. The molecule has 206 valence electrons. The van der Waals surface area contributed by atoms with Crippen LogP contribution < -0.4 is 0 Å². The quantitative estimate of drug-likeness (QED) is 0.351.